The van der Waals surface area contributed by atoms with Crippen molar-refractivity contribution >= 4 is 23.4 Å². The molecule has 0 saturated carbocycles. The molecule has 0 heterocycles. The molecule has 1 atom stereocenters. The predicted molar refractivity (Wildman–Crippen MR) is 119 cm³/mol. The summed E-state index contributed by atoms with van der Waals surface area (Å²) < 4.78 is 16.2. The van der Waals surface area contributed by atoms with Gasteiger partial charge in [0.2, 0.25) is 5.91 Å². The van der Waals surface area contributed by atoms with Crippen LogP contribution >= 0.6 is 11.8 Å². The van der Waals surface area contributed by atoms with Gasteiger partial charge in [-0.15, -0.1) is 11.8 Å². The molecule has 28 heavy (non-hydrogen) atoms. The molecule has 1 amide bonds. The first-order chi connectivity index (χ1) is 13.6. The van der Waals surface area contributed by atoms with Crippen LogP contribution in [0, 0.1) is 0 Å². The van der Waals surface area contributed by atoms with E-state index in [9.17, 15) is 4.79 Å². The third kappa shape index (κ3) is 8.21. The van der Waals surface area contributed by atoms with Gasteiger partial charge in [0.25, 0.3) is 0 Å². The molecule has 0 aliphatic carbocycles. The highest BCUT2D eigenvalue weighted by Crippen LogP contribution is 2.39. The Morgan fingerprint density at radius 2 is 1.54 bits per heavy atom. The smallest absolute Gasteiger partial charge is 0.237 e. The number of thioether (sulfide) groups is 1. The quantitative estimate of drug-likeness (QED) is 0.363. The van der Waals surface area contributed by atoms with Gasteiger partial charge < -0.3 is 19.5 Å². The summed E-state index contributed by atoms with van der Waals surface area (Å²) in [5.74, 6) is 2.71. The zero-order valence-electron chi connectivity index (χ0n) is 18.1. The van der Waals surface area contributed by atoms with Crippen molar-refractivity contribution in [2.24, 2.45) is 0 Å². The van der Waals surface area contributed by atoms with E-state index >= 15 is 0 Å². The molecule has 1 aromatic rings. The molecule has 0 spiro atoms. The molecule has 1 N–H and O–H groups in total. The molecule has 0 saturated heterocycles. The number of anilines is 1. The normalized spacial score (nSPS) is 11.8. The Morgan fingerprint density at radius 3 is 2.07 bits per heavy atom. The van der Waals surface area contributed by atoms with Gasteiger partial charge in [0.05, 0.1) is 26.6 Å². The minimum atomic E-state index is -0.0651. The van der Waals surface area contributed by atoms with E-state index in [1.54, 1.807) is 45.2 Å². The van der Waals surface area contributed by atoms with Crippen LogP contribution < -0.4 is 19.5 Å². The van der Waals surface area contributed by atoms with Crippen LogP contribution in [0.1, 0.15) is 65.2 Å². The number of hydrogen-bond acceptors (Lipinski definition) is 5. The number of unbranched alkanes of at least 4 members (excludes halogenated alkanes) is 5. The Balaban J connectivity index is 2.86. The monoisotopic (exact) mass is 411 g/mol. The number of methoxy groups -OCH3 is 3. The van der Waals surface area contributed by atoms with Crippen molar-refractivity contribution in [2.75, 3.05) is 32.4 Å². The highest BCUT2D eigenvalue weighted by molar-refractivity contribution is 8.00. The van der Waals surface area contributed by atoms with Crippen molar-refractivity contribution in [3.63, 3.8) is 0 Å². The molecule has 0 aromatic heterocycles. The second-order valence-corrected chi connectivity index (χ2v) is 8.12. The molecule has 0 radical (unpaired) electrons. The average Bonchev–Trinajstić information content (AvgIpc) is 2.72. The van der Waals surface area contributed by atoms with Crippen LogP contribution in [0.25, 0.3) is 0 Å². The molecule has 1 unspecified atom stereocenters. The van der Waals surface area contributed by atoms with Gasteiger partial charge in [0.1, 0.15) is 22.9 Å². The van der Waals surface area contributed by atoms with Crippen molar-refractivity contribution < 1.29 is 19.0 Å². The highest BCUT2D eigenvalue weighted by Gasteiger charge is 2.22. The predicted octanol–water partition coefficient (Wildman–Crippen LogP) is 5.91. The number of hydrogen-bond donors (Lipinski definition) is 1. The topological polar surface area (TPSA) is 56.8 Å². The van der Waals surface area contributed by atoms with Crippen LogP contribution in [-0.4, -0.2) is 38.2 Å². The molecule has 5 nitrogen and oxygen atoms in total. The van der Waals surface area contributed by atoms with Crippen molar-refractivity contribution in [1.82, 2.24) is 0 Å². The summed E-state index contributed by atoms with van der Waals surface area (Å²) >= 11 is 1.77. The van der Waals surface area contributed by atoms with Crippen LogP contribution in [-0.2, 0) is 4.79 Å². The van der Waals surface area contributed by atoms with E-state index in [2.05, 4.69) is 19.2 Å². The Labute approximate surface area is 174 Å². The van der Waals surface area contributed by atoms with Crippen molar-refractivity contribution in [2.45, 2.75) is 70.5 Å². The first-order valence-corrected chi connectivity index (χ1v) is 11.4. The summed E-state index contributed by atoms with van der Waals surface area (Å²) in [4.78, 5) is 13.0. The first-order valence-electron chi connectivity index (χ1n) is 10.3. The Morgan fingerprint density at radius 1 is 0.929 bits per heavy atom. The second kappa shape index (κ2) is 14.4. The van der Waals surface area contributed by atoms with Gasteiger partial charge in [-0.3, -0.25) is 4.79 Å². The lowest BCUT2D eigenvalue weighted by Gasteiger charge is -2.20. The van der Waals surface area contributed by atoms with Crippen molar-refractivity contribution in [3.8, 4) is 17.2 Å². The summed E-state index contributed by atoms with van der Waals surface area (Å²) in [7, 11) is 4.74. The maximum atomic E-state index is 13.0. The minimum Gasteiger partial charge on any atom is -0.496 e. The van der Waals surface area contributed by atoms with E-state index in [1.807, 2.05) is 0 Å². The lowest BCUT2D eigenvalue weighted by Crippen LogP contribution is -2.26. The number of amides is 1. The third-order valence-electron chi connectivity index (χ3n) is 4.64. The highest BCUT2D eigenvalue weighted by atomic mass is 32.2. The Bertz CT molecular complexity index is 555. The van der Waals surface area contributed by atoms with Crippen LogP contribution in [0.15, 0.2) is 12.1 Å². The standard InChI is InChI=1S/C22H37NO4S/c1-6-8-10-12-14-28-20(13-11-9-7-2)22(24)23-21-18(26-4)15-17(25-3)16-19(21)27-5/h15-16,20H,6-14H2,1-5H3,(H,23,24). The van der Waals surface area contributed by atoms with Crippen LogP contribution in [0.4, 0.5) is 5.69 Å². The molecule has 0 bridgehead atoms. The number of nitrogens with one attached hydrogen (secondary N) is 1. The molecule has 0 fully saturated rings. The van der Waals surface area contributed by atoms with Crippen molar-refractivity contribution in [1.29, 1.82) is 0 Å². The summed E-state index contributed by atoms with van der Waals surface area (Å²) in [6.07, 6.45) is 9.12. The van der Waals surface area contributed by atoms with E-state index in [0.717, 1.165) is 37.9 Å². The number of benzene rings is 1. The Kier molecular flexibility index (Phi) is 12.6. The molecule has 160 valence electrons. The SMILES string of the molecule is CCCCCCSC(CCCCC)C(=O)Nc1c(OC)cc(OC)cc1OC. The molecular weight excluding hydrogens is 374 g/mol. The van der Waals surface area contributed by atoms with E-state index in [1.165, 1.54) is 19.3 Å². The van der Waals surface area contributed by atoms with Gasteiger partial charge in [-0.1, -0.05) is 52.4 Å². The van der Waals surface area contributed by atoms with E-state index in [-0.39, 0.29) is 11.2 Å². The summed E-state index contributed by atoms with van der Waals surface area (Å²) in [5.41, 5.74) is 0.558. The molecule has 1 rings (SSSR count). The van der Waals surface area contributed by atoms with Crippen LogP contribution in [0.2, 0.25) is 0 Å². The minimum absolute atomic E-state index is 0.0124. The van der Waals surface area contributed by atoms with Crippen LogP contribution in [0.3, 0.4) is 0 Å². The average molecular weight is 412 g/mol. The lowest BCUT2D eigenvalue weighted by atomic mass is 10.1. The Hall–Kier alpha value is -1.56. The summed E-state index contributed by atoms with van der Waals surface area (Å²) in [6, 6.07) is 3.50. The summed E-state index contributed by atoms with van der Waals surface area (Å²) in [6.45, 7) is 4.39. The fourth-order valence-electron chi connectivity index (χ4n) is 2.96. The largest absolute Gasteiger partial charge is 0.496 e. The lowest BCUT2D eigenvalue weighted by molar-refractivity contribution is -0.115. The zero-order valence-corrected chi connectivity index (χ0v) is 19.0. The maximum Gasteiger partial charge on any atom is 0.237 e. The fraction of sp³-hybridized carbons (Fsp3) is 0.682. The molecule has 6 heteroatoms. The number of carbonyl (C=O) groups excluding carboxylic acids is 1. The number of ether oxygens (including phenoxy) is 3. The van der Waals surface area contributed by atoms with Gasteiger partial charge in [-0.25, -0.2) is 0 Å². The zero-order chi connectivity index (χ0) is 20.8. The van der Waals surface area contributed by atoms with Gasteiger partial charge >= 0.3 is 0 Å². The van der Waals surface area contributed by atoms with Gasteiger partial charge in [-0.2, -0.15) is 0 Å². The van der Waals surface area contributed by atoms with Gasteiger partial charge in [-0.05, 0) is 18.6 Å². The summed E-state index contributed by atoms with van der Waals surface area (Å²) in [5, 5.41) is 2.98. The number of rotatable bonds is 15. The molecule has 0 aliphatic heterocycles. The van der Waals surface area contributed by atoms with Crippen molar-refractivity contribution in [3.05, 3.63) is 12.1 Å². The maximum absolute atomic E-state index is 13.0. The molecule has 0 aliphatic rings. The number of carbonyl (C=O) groups is 1. The third-order valence-corrected chi connectivity index (χ3v) is 6.02. The molecule has 1 aromatic carbocycles. The fourth-order valence-corrected chi connectivity index (χ4v) is 4.16. The van der Waals surface area contributed by atoms with Gasteiger partial charge in [0, 0.05) is 12.1 Å². The van der Waals surface area contributed by atoms with Gasteiger partial charge in [0.15, 0.2) is 0 Å². The van der Waals surface area contributed by atoms with E-state index in [0.29, 0.717) is 22.9 Å². The van der Waals surface area contributed by atoms with E-state index < -0.39 is 0 Å². The second-order valence-electron chi connectivity index (χ2n) is 6.81. The van der Waals surface area contributed by atoms with Crippen LogP contribution in [0.5, 0.6) is 17.2 Å². The molecular formula is C22H37NO4S. The first kappa shape index (κ1) is 24.5. The van der Waals surface area contributed by atoms with E-state index in [4.69, 9.17) is 14.2 Å².